The summed E-state index contributed by atoms with van der Waals surface area (Å²) in [5, 5.41) is 0. The molecule has 0 spiro atoms. The largest absolute Gasteiger partial charge is 0.398 e. The first-order valence-electron chi connectivity index (χ1n) is 5.33. The van der Waals surface area contributed by atoms with Crippen LogP contribution in [0, 0.1) is 0 Å². The van der Waals surface area contributed by atoms with Crippen molar-refractivity contribution >= 4 is 11.4 Å². The van der Waals surface area contributed by atoms with Gasteiger partial charge in [0.05, 0.1) is 0 Å². The van der Waals surface area contributed by atoms with E-state index in [0.717, 1.165) is 17.8 Å². The molecule has 0 radical (unpaired) electrons. The Morgan fingerprint density at radius 3 is 2.53 bits per heavy atom. The Morgan fingerprint density at radius 2 is 1.87 bits per heavy atom. The Kier molecular flexibility index (Phi) is 2.22. The number of nitrogens with two attached hydrogens (primary N) is 1. The maximum atomic E-state index is 5.99. The van der Waals surface area contributed by atoms with Crippen LogP contribution in [-0.2, 0) is 0 Å². The summed E-state index contributed by atoms with van der Waals surface area (Å²) >= 11 is 0. The molecule has 1 aromatic rings. The second-order valence-corrected chi connectivity index (χ2v) is 4.96. The third-order valence-electron chi connectivity index (χ3n) is 2.81. The lowest BCUT2D eigenvalue weighted by Crippen LogP contribution is -2.43. The molecule has 1 heterocycles. The average Bonchev–Trinajstić information content (AvgIpc) is 2.17. The van der Waals surface area contributed by atoms with Crippen molar-refractivity contribution in [2.24, 2.45) is 5.73 Å². The molecular formula is C13H18N2. The summed E-state index contributed by atoms with van der Waals surface area (Å²) in [7, 11) is 0. The summed E-state index contributed by atoms with van der Waals surface area (Å²) in [5.74, 6) is 0. The van der Waals surface area contributed by atoms with Crippen molar-refractivity contribution in [1.82, 2.24) is 0 Å². The van der Waals surface area contributed by atoms with Crippen molar-refractivity contribution in [3.05, 3.63) is 35.9 Å². The van der Waals surface area contributed by atoms with Gasteiger partial charge in [0.2, 0.25) is 0 Å². The Bertz CT molecular complexity index is 399. The predicted molar refractivity (Wildman–Crippen MR) is 65.7 cm³/mol. The number of benzene rings is 1. The molecule has 0 unspecified atom stereocenters. The van der Waals surface area contributed by atoms with Crippen LogP contribution in [0.2, 0.25) is 0 Å². The molecule has 0 atom stereocenters. The number of hydrogen-bond acceptors (Lipinski definition) is 2. The zero-order valence-electron chi connectivity index (χ0n) is 9.62. The van der Waals surface area contributed by atoms with E-state index in [4.69, 9.17) is 5.73 Å². The fraction of sp³-hybridized carbons (Fsp3) is 0.385. The summed E-state index contributed by atoms with van der Waals surface area (Å²) in [6.07, 6.45) is 2.09. The van der Waals surface area contributed by atoms with Crippen LogP contribution < -0.4 is 10.6 Å². The normalized spacial score (nSPS) is 15.9. The SMILES string of the molecule is CC(C)(C)N1CC=C(N)c2ccccc21. The molecule has 1 aromatic carbocycles. The van der Waals surface area contributed by atoms with Gasteiger partial charge in [0.1, 0.15) is 0 Å². The number of fused-ring (bicyclic) bond motifs is 1. The highest BCUT2D eigenvalue weighted by atomic mass is 15.2. The maximum Gasteiger partial charge on any atom is 0.0467 e. The fourth-order valence-electron chi connectivity index (χ4n) is 1.99. The van der Waals surface area contributed by atoms with Crippen molar-refractivity contribution < 1.29 is 0 Å². The summed E-state index contributed by atoms with van der Waals surface area (Å²) in [5.41, 5.74) is 9.41. The van der Waals surface area contributed by atoms with Gasteiger partial charge in [-0.25, -0.2) is 0 Å². The molecule has 0 bridgehead atoms. The molecule has 0 saturated carbocycles. The lowest BCUT2D eigenvalue weighted by Gasteiger charge is -2.40. The summed E-state index contributed by atoms with van der Waals surface area (Å²) in [6, 6.07) is 8.32. The second kappa shape index (κ2) is 3.30. The van der Waals surface area contributed by atoms with E-state index >= 15 is 0 Å². The quantitative estimate of drug-likeness (QED) is 0.700. The van der Waals surface area contributed by atoms with Crippen LogP contribution in [0.15, 0.2) is 30.3 Å². The van der Waals surface area contributed by atoms with Gasteiger partial charge in [-0.3, -0.25) is 0 Å². The van der Waals surface area contributed by atoms with Gasteiger partial charge >= 0.3 is 0 Å². The molecule has 15 heavy (non-hydrogen) atoms. The van der Waals surface area contributed by atoms with E-state index in [9.17, 15) is 0 Å². The third-order valence-corrected chi connectivity index (χ3v) is 2.81. The first kappa shape index (κ1) is 10.1. The van der Waals surface area contributed by atoms with E-state index < -0.39 is 0 Å². The number of para-hydroxylation sites is 1. The lowest BCUT2D eigenvalue weighted by atomic mass is 9.98. The monoisotopic (exact) mass is 202 g/mol. The second-order valence-electron chi connectivity index (χ2n) is 4.96. The van der Waals surface area contributed by atoms with Gasteiger partial charge in [-0.1, -0.05) is 18.2 Å². The standard InChI is InChI=1S/C13H18N2/c1-13(2,3)15-9-8-11(14)10-6-4-5-7-12(10)15/h4-8H,9,14H2,1-3H3. The Labute approximate surface area is 91.4 Å². The number of nitrogens with zero attached hydrogens (tertiary/aromatic N) is 1. The van der Waals surface area contributed by atoms with E-state index in [1.807, 2.05) is 6.07 Å². The first-order valence-corrected chi connectivity index (χ1v) is 5.33. The van der Waals surface area contributed by atoms with Gasteiger partial charge in [0.25, 0.3) is 0 Å². The van der Waals surface area contributed by atoms with Crippen LogP contribution >= 0.6 is 0 Å². The van der Waals surface area contributed by atoms with Crippen LogP contribution in [0.1, 0.15) is 26.3 Å². The van der Waals surface area contributed by atoms with Gasteiger partial charge < -0.3 is 10.6 Å². The first-order chi connectivity index (χ1) is 7.00. The molecule has 1 aliphatic rings. The molecule has 0 fully saturated rings. The molecule has 0 aromatic heterocycles. The van der Waals surface area contributed by atoms with E-state index in [1.54, 1.807) is 0 Å². The van der Waals surface area contributed by atoms with Gasteiger partial charge in [-0.2, -0.15) is 0 Å². The van der Waals surface area contributed by atoms with Crippen LogP contribution in [0.25, 0.3) is 5.70 Å². The van der Waals surface area contributed by atoms with E-state index in [0.29, 0.717) is 0 Å². The average molecular weight is 202 g/mol. The van der Waals surface area contributed by atoms with Crippen LogP contribution in [-0.4, -0.2) is 12.1 Å². The molecule has 0 saturated heterocycles. The highest BCUT2D eigenvalue weighted by Crippen LogP contribution is 2.33. The van der Waals surface area contributed by atoms with Crippen molar-refractivity contribution in [3.63, 3.8) is 0 Å². The molecule has 0 amide bonds. The van der Waals surface area contributed by atoms with Crippen molar-refractivity contribution in [2.45, 2.75) is 26.3 Å². The van der Waals surface area contributed by atoms with Crippen molar-refractivity contribution in [1.29, 1.82) is 0 Å². The van der Waals surface area contributed by atoms with Gasteiger partial charge in [0.15, 0.2) is 0 Å². The Balaban J connectivity index is 2.51. The van der Waals surface area contributed by atoms with E-state index in [-0.39, 0.29) is 5.54 Å². The number of hydrogen-bond donors (Lipinski definition) is 1. The van der Waals surface area contributed by atoms with E-state index in [1.165, 1.54) is 5.69 Å². The molecule has 0 aliphatic carbocycles. The maximum absolute atomic E-state index is 5.99. The van der Waals surface area contributed by atoms with Crippen LogP contribution in [0.5, 0.6) is 0 Å². The van der Waals surface area contributed by atoms with E-state index in [2.05, 4.69) is 49.9 Å². The summed E-state index contributed by atoms with van der Waals surface area (Å²) in [6.45, 7) is 7.56. The predicted octanol–water partition coefficient (Wildman–Crippen LogP) is 2.60. The lowest BCUT2D eigenvalue weighted by molar-refractivity contribution is 0.520. The molecule has 1 aliphatic heterocycles. The summed E-state index contributed by atoms with van der Waals surface area (Å²) < 4.78 is 0. The van der Waals surface area contributed by atoms with Crippen molar-refractivity contribution in [3.8, 4) is 0 Å². The van der Waals surface area contributed by atoms with Gasteiger partial charge in [-0.05, 0) is 32.9 Å². The molecule has 80 valence electrons. The third kappa shape index (κ3) is 1.72. The zero-order valence-corrected chi connectivity index (χ0v) is 9.62. The van der Waals surface area contributed by atoms with Crippen molar-refractivity contribution in [2.75, 3.05) is 11.4 Å². The number of rotatable bonds is 0. The molecule has 2 N–H and O–H groups in total. The summed E-state index contributed by atoms with van der Waals surface area (Å²) in [4.78, 5) is 2.37. The molecule has 2 heteroatoms. The Morgan fingerprint density at radius 1 is 1.20 bits per heavy atom. The molecule has 2 rings (SSSR count). The topological polar surface area (TPSA) is 29.3 Å². The van der Waals surface area contributed by atoms with Crippen LogP contribution in [0.4, 0.5) is 5.69 Å². The van der Waals surface area contributed by atoms with Gasteiger partial charge in [-0.15, -0.1) is 0 Å². The highest BCUT2D eigenvalue weighted by Gasteiger charge is 2.25. The molecule has 2 nitrogen and oxygen atoms in total. The minimum Gasteiger partial charge on any atom is -0.398 e. The minimum absolute atomic E-state index is 0.132. The minimum atomic E-state index is 0.132. The highest BCUT2D eigenvalue weighted by molar-refractivity contribution is 5.78. The zero-order chi connectivity index (χ0) is 11.1. The Hall–Kier alpha value is -1.44. The van der Waals surface area contributed by atoms with Crippen LogP contribution in [0.3, 0.4) is 0 Å². The number of anilines is 1. The smallest absolute Gasteiger partial charge is 0.0467 e. The fourth-order valence-corrected chi connectivity index (χ4v) is 1.99. The molecular weight excluding hydrogens is 184 g/mol. The van der Waals surface area contributed by atoms with Gasteiger partial charge in [0, 0.05) is 29.0 Å².